The van der Waals surface area contributed by atoms with Gasteiger partial charge in [-0.2, -0.15) is 0 Å². The number of rotatable bonds is 2. The van der Waals surface area contributed by atoms with Crippen molar-refractivity contribution in [2.45, 2.75) is 19.4 Å². The van der Waals surface area contributed by atoms with Gasteiger partial charge in [-0.1, -0.05) is 17.7 Å². The fourth-order valence-electron chi connectivity index (χ4n) is 3.51. The minimum absolute atomic E-state index is 0.0258. The van der Waals surface area contributed by atoms with Crippen LogP contribution in [0.25, 0.3) is 0 Å². The number of nitrogens with zero attached hydrogens (tertiary/aromatic N) is 2. The summed E-state index contributed by atoms with van der Waals surface area (Å²) in [5, 5.41) is 3.58. The number of thiophene rings is 1. The molecule has 3 heterocycles. The molecule has 2 aliphatic rings. The average Bonchev–Trinajstić information content (AvgIpc) is 2.94. The number of anilines is 1. The van der Waals surface area contributed by atoms with Crippen LogP contribution in [-0.4, -0.2) is 47.7 Å². The lowest BCUT2D eigenvalue weighted by atomic mass is 10.0. The van der Waals surface area contributed by atoms with Crippen molar-refractivity contribution in [2.24, 2.45) is 0 Å². The predicted molar refractivity (Wildman–Crippen MR) is 104 cm³/mol. The van der Waals surface area contributed by atoms with E-state index in [9.17, 15) is 18.8 Å². The molecule has 0 fully saturated rings. The molecule has 146 valence electrons. The van der Waals surface area contributed by atoms with Gasteiger partial charge in [-0.05, 0) is 29.7 Å². The van der Waals surface area contributed by atoms with Crippen molar-refractivity contribution in [3.05, 3.63) is 50.6 Å². The Morgan fingerprint density at radius 1 is 1.32 bits per heavy atom. The lowest BCUT2D eigenvalue weighted by Crippen LogP contribution is -2.37. The van der Waals surface area contributed by atoms with Crippen LogP contribution in [0.5, 0.6) is 0 Å². The number of hydrogen-bond donors (Lipinski definition) is 1. The number of benzene rings is 1. The summed E-state index contributed by atoms with van der Waals surface area (Å²) in [4.78, 5) is 41.3. The quantitative estimate of drug-likeness (QED) is 0.810. The standard InChI is InChI=1S/C19H17ClFN3O3S/c1-23-9-15(25)22-18-17(19(23)27)12-4-5-24(8-14(12)28-18)16(26)6-10-2-3-11(21)7-13(10)20/h2-3,7H,4-6,8-9H2,1H3,(H,22,25). The number of amides is 3. The highest BCUT2D eigenvalue weighted by molar-refractivity contribution is 7.17. The Labute approximate surface area is 169 Å². The number of halogens is 2. The van der Waals surface area contributed by atoms with Crippen LogP contribution in [0.3, 0.4) is 0 Å². The molecule has 0 radical (unpaired) electrons. The Hall–Kier alpha value is -2.45. The van der Waals surface area contributed by atoms with Crippen molar-refractivity contribution in [3.63, 3.8) is 0 Å². The first-order chi connectivity index (χ1) is 13.3. The fraction of sp³-hybridized carbons (Fsp3) is 0.316. The van der Waals surface area contributed by atoms with E-state index < -0.39 is 5.82 Å². The molecule has 1 aromatic heterocycles. The first kappa shape index (κ1) is 18.9. The van der Waals surface area contributed by atoms with Crippen LogP contribution >= 0.6 is 22.9 Å². The molecule has 9 heteroatoms. The normalized spacial score (nSPS) is 16.4. The second-order valence-corrected chi connectivity index (χ2v) is 8.41. The summed E-state index contributed by atoms with van der Waals surface area (Å²) >= 11 is 7.37. The maximum atomic E-state index is 13.2. The zero-order valence-corrected chi connectivity index (χ0v) is 16.6. The van der Waals surface area contributed by atoms with Gasteiger partial charge in [0.15, 0.2) is 0 Å². The van der Waals surface area contributed by atoms with E-state index in [0.29, 0.717) is 35.6 Å². The predicted octanol–water partition coefficient (Wildman–Crippen LogP) is 2.69. The molecular weight excluding hydrogens is 405 g/mol. The van der Waals surface area contributed by atoms with E-state index in [1.165, 1.54) is 34.4 Å². The molecule has 3 amide bonds. The SMILES string of the molecule is CN1CC(=O)Nc2sc3c(c2C1=O)CCN(C(=O)Cc1ccc(F)cc1Cl)C3. The Bertz CT molecular complexity index is 1010. The Morgan fingerprint density at radius 2 is 2.11 bits per heavy atom. The molecule has 1 aromatic carbocycles. The molecule has 2 aliphatic heterocycles. The Morgan fingerprint density at radius 3 is 2.86 bits per heavy atom. The third-order valence-corrected chi connectivity index (χ3v) is 6.44. The lowest BCUT2D eigenvalue weighted by Gasteiger charge is -2.28. The van der Waals surface area contributed by atoms with E-state index in [0.717, 1.165) is 10.4 Å². The second-order valence-electron chi connectivity index (χ2n) is 6.90. The molecule has 6 nitrogen and oxygen atoms in total. The summed E-state index contributed by atoms with van der Waals surface area (Å²) in [6.07, 6.45) is 0.622. The van der Waals surface area contributed by atoms with E-state index >= 15 is 0 Å². The summed E-state index contributed by atoms with van der Waals surface area (Å²) in [6, 6.07) is 3.99. The van der Waals surface area contributed by atoms with Gasteiger partial charge >= 0.3 is 0 Å². The van der Waals surface area contributed by atoms with Gasteiger partial charge in [-0.15, -0.1) is 11.3 Å². The van der Waals surface area contributed by atoms with Crippen LogP contribution in [0.15, 0.2) is 18.2 Å². The molecule has 0 unspecified atom stereocenters. The van der Waals surface area contributed by atoms with Crippen LogP contribution < -0.4 is 5.32 Å². The maximum absolute atomic E-state index is 13.2. The van der Waals surface area contributed by atoms with Crippen molar-refractivity contribution in [3.8, 4) is 0 Å². The zero-order valence-electron chi connectivity index (χ0n) is 15.1. The third-order valence-electron chi connectivity index (χ3n) is 4.96. The fourth-order valence-corrected chi connectivity index (χ4v) is 5.02. The minimum atomic E-state index is -0.444. The van der Waals surface area contributed by atoms with E-state index in [2.05, 4.69) is 5.32 Å². The summed E-state index contributed by atoms with van der Waals surface area (Å²) in [7, 11) is 1.60. The van der Waals surface area contributed by atoms with Gasteiger partial charge in [0.1, 0.15) is 10.8 Å². The largest absolute Gasteiger partial charge is 0.337 e. The Kier molecular flexibility index (Phi) is 4.84. The molecule has 0 saturated heterocycles. The number of nitrogens with one attached hydrogen (secondary N) is 1. The Balaban J connectivity index is 1.56. The molecule has 0 atom stereocenters. The number of carbonyl (C=O) groups is 3. The van der Waals surface area contributed by atoms with Gasteiger partial charge in [0, 0.05) is 23.5 Å². The van der Waals surface area contributed by atoms with Crippen LogP contribution in [0, 0.1) is 5.82 Å². The van der Waals surface area contributed by atoms with Gasteiger partial charge < -0.3 is 15.1 Å². The molecule has 0 bridgehead atoms. The first-order valence-electron chi connectivity index (χ1n) is 8.75. The van der Waals surface area contributed by atoms with Crippen molar-refractivity contribution < 1.29 is 18.8 Å². The van der Waals surface area contributed by atoms with Crippen molar-refractivity contribution in [1.82, 2.24) is 9.80 Å². The number of likely N-dealkylation sites (N-methyl/N-ethyl adjacent to an activating group) is 1. The van der Waals surface area contributed by atoms with Crippen LogP contribution in [0.4, 0.5) is 9.39 Å². The summed E-state index contributed by atoms with van der Waals surface area (Å²) in [5.74, 6) is -0.966. The van der Waals surface area contributed by atoms with Crippen LogP contribution in [0.2, 0.25) is 5.02 Å². The van der Waals surface area contributed by atoms with E-state index in [1.54, 1.807) is 11.9 Å². The van der Waals surface area contributed by atoms with Crippen LogP contribution in [-0.2, 0) is 29.0 Å². The minimum Gasteiger partial charge on any atom is -0.337 e. The van der Waals surface area contributed by atoms with E-state index in [1.807, 2.05) is 0 Å². The topological polar surface area (TPSA) is 69.7 Å². The van der Waals surface area contributed by atoms with E-state index in [4.69, 9.17) is 11.6 Å². The molecule has 2 aromatic rings. The number of fused-ring (bicyclic) bond motifs is 3. The van der Waals surface area contributed by atoms with Crippen LogP contribution in [0.1, 0.15) is 26.4 Å². The van der Waals surface area contributed by atoms with Gasteiger partial charge in [0.25, 0.3) is 5.91 Å². The summed E-state index contributed by atoms with van der Waals surface area (Å²) in [6.45, 7) is 0.869. The smallest absolute Gasteiger partial charge is 0.257 e. The summed E-state index contributed by atoms with van der Waals surface area (Å²) < 4.78 is 13.2. The molecule has 0 spiro atoms. The van der Waals surface area contributed by atoms with Gasteiger partial charge in [-0.25, -0.2) is 4.39 Å². The van der Waals surface area contributed by atoms with Crippen molar-refractivity contribution in [2.75, 3.05) is 25.5 Å². The molecule has 1 N–H and O–H groups in total. The molecule has 0 aliphatic carbocycles. The molecule has 28 heavy (non-hydrogen) atoms. The maximum Gasteiger partial charge on any atom is 0.257 e. The highest BCUT2D eigenvalue weighted by Crippen LogP contribution is 2.38. The average molecular weight is 422 g/mol. The first-order valence-corrected chi connectivity index (χ1v) is 9.94. The summed E-state index contributed by atoms with van der Waals surface area (Å²) in [5.41, 5.74) is 2.02. The number of hydrogen-bond acceptors (Lipinski definition) is 4. The molecule has 0 saturated carbocycles. The van der Waals surface area contributed by atoms with Crippen molar-refractivity contribution >= 4 is 45.7 Å². The monoisotopic (exact) mass is 421 g/mol. The highest BCUT2D eigenvalue weighted by atomic mass is 35.5. The molecule has 4 rings (SSSR count). The second kappa shape index (κ2) is 7.18. The van der Waals surface area contributed by atoms with E-state index in [-0.39, 0.29) is 35.7 Å². The third kappa shape index (κ3) is 3.38. The lowest BCUT2D eigenvalue weighted by molar-refractivity contribution is -0.131. The zero-order chi connectivity index (χ0) is 20.0. The van der Waals surface area contributed by atoms with Crippen molar-refractivity contribution in [1.29, 1.82) is 0 Å². The van der Waals surface area contributed by atoms with Gasteiger partial charge in [-0.3, -0.25) is 14.4 Å². The highest BCUT2D eigenvalue weighted by Gasteiger charge is 2.33. The van der Waals surface area contributed by atoms with Gasteiger partial charge in [0.05, 0.1) is 25.1 Å². The molecular formula is C19H17ClFN3O3S. The van der Waals surface area contributed by atoms with Gasteiger partial charge in [0.2, 0.25) is 11.8 Å². The number of carbonyl (C=O) groups excluding carboxylic acids is 3.